The van der Waals surface area contributed by atoms with Gasteiger partial charge in [0.25, 0.3) is 0 Å². The van der Waals surface area contributed by atoms with Gasteiger partial charge in [0.05, 0.1) is 11.1 Å². The normalized spacial score (nSPS) is 12.5. The summed E-state index contributed by atoms with van der Waals surface area (Å²) in [6.45, 7) is 0. The van der Waals surface area contributed by atoms with E-state index < -0.39 is 11.9 Å². The molecule has 2 aromatic rings. The van der Waals surface area contributed by atoms with Gasteiger partial charge in [0.1, 0.15) is 5.82 Å². The average Bonchev–Trinajstić information content (AvgIpc) is 2.36. The number of hydrogen-bond donors (Lipinski definition) is 1. The van der Waals surface area contributed by atoms with Crippen LogP contribution in [0.15, 0.2) is 40.9 Å². The van der Waals surface area contributed by atoms with E-state index in [9.17, 15) is 9.50 Å². The lowest BCUT2D eigenvalue weighted by molar-refractivity contribution is 0.177. The van der Waals surface area contributed by atoms with E-state index >= 15 is 0 Å². The highest BCUT2D eigenvalue weighted by Crippen LogP contribution is 2.28. The number of rotatable bonds is 3. The minimum atomic E-state index is -0.818. The maximum atomic E-state index is 13.6. The second-order valence-electron chi connectivity index (χ2n) is 4.13. The van der Waals surface area contributed by atoms with Gasteiger partial charge in [-0.1, -0.05) is 35.3 Å². The van der Waals surface area contributed by atoms with E-state index in [1.54, 1.807) is 30.3 Å². The van der Waals surface area contributed by atoms with E-state index in [0.29, 0.717) is 21.2 Å². The molecule has 5 heteroatoms. The molecule has 0 spiro atoms. The van der Waals surface area contributed by atoms with Crippen molar-refractivity contribution in [2.45, 2.75) is 12.5 Å². The van der Waals surface area contributed by atoms with Crippen molar-refractivity contribution in [3.63, 3.8) is 0 Å². The van der Waals surface area contributed by atoms with Crippen LogP contribution in [0.25, 0.3) is 0 Å². The topological polar surface area (TPSA) is 20.2 Å². The van der Waals surface area contributed by atoms with Gasteiger partial charge >= 0.3 is 0 Å². The molecule has 0 radical (unpaired) electrons. The zero-order valence-electron chi connectivity index (χ0n) is 9.71. The second kappa shape index (κ2) is 6.23. The second-order valence-corrected chi connectivity index (χ2v) is 5.83. The third-order valence-corrected chi connectivity index (χ3v) is 4.22. The molecule has 1 atom stereocenters. The van der Waals surface area contributed by atoms with E-state index in [1.807, 2.05) is 0 Å². The summed E-state index contributed by atoms with van der Waals surface area (Å²) < 4.78 is 14.4. The van der Waals surface area contributed by atoms with Gasteiger partial charge in [-0.3, -0.25) is 0 Å². The van der Waals surface area contributed by atoms with Crippen LogP contribution >= 0.6 is 39.1 Å². The summed E-state index contributed by atoms with van der Waals surface area (Å²) in [6, 6.07) is 9.55. The summed E-state index contributed by atoms with van der Waals surface area (Å²) in [6.07, 6.45) is -0.651. The standard InChI is InChI=1S/C14H10BrCl2FO/c15-11-4-2-9(5-12(11)17)14(19)6-8-1-3-10(16)7-13(8)18/h1-5,7,14,19H,6H2. The third-order valence-electron chi connectivity index (χ3n) is 2.76. The first kappa shape index (κ1) is 14.8. The first-order valence-corrected chi connectivity index (χ1v) is 7.09. The molecule has 0 saturated carbocycles. The van der Waals surface area contributed by atoms with Crippen LogP contribution in [0.2, 0.25) is 10.0 Å². The van der Waals surface area contributed by atoms with Crippen molar-refractivity contribution in [1.29, 1.82) is 0 Å². The maximum Gasteiger partial charge on any atom is 0.127 e. The van der Waals surface area contributed by atoms with E-state index in [2.05, 4.69) is 15.9 Å². The molecule has 2 aromatic carbocycles. The summed E-state index contributed by atoms with van der Waals surface area (Å²) in [7, 11) is 0. The van der Waals surface area contributed by atoms with Gasteiger partial charge in [0.2, 0.25) is 0 Å². The highest BCUT2D eigenvalue weighted by atomic mass is 79.9. The lowest BCUT2D eigenvalue weighted by Gasteiger charge is -2.12. The number of aliphatic hydroxyl groups excluding tert-OH is 1. The summed E-state index contributed by atoms with van der Waals surface area (Å²) in [4.78, 5) is 0. The first-order chi connectivity index (χ1) is 8.97. The van der Waals surface area contributed by atoms with Crippen LogP contribution in [0.4, 0.5) is 4.39 Å². The van der Waals surface area contributed by atoms with Crippen LogP contribution in [-0.4, -0.2) is 5.11 Å². The molecule has 100 valence electrons. The molecule has 1 nitrogen and oxygen atoms in total. The summed E-state index contributed by atoms with van der Waals surface area (Å²) >= 11 is 14.9. The van der Waals surface area contributed by atoms with Crippen molar-refractivity contribution in [3.8, 4) is 0 Å². The Kier molecular flexibility index (Phi) is 4.85. The van der Waals surface area contributed by atoms with Gasteiger partial charge in [-0.05, 0) is 51.3 Å². The largest absolute Gasteiger partial charge is 0.388 e. The summed E-state index contributed by atoms with van der Waals surface area (Å²) in [5, 5.41) is 11.0. The van der Waals surface area contributed by atoms with Crippen molar-refractivity contribution in [2.24, 2.45) is 0 Å². The maximum absolute atomic E-state index is 13.6. The molecular formula is C14H10BrCl2FO. The summed E-state index contributed by atoms with van der Waals surface area (Å²) in [5.74, 6) is -0.422. The lowest BCUT2D eigenvalue weighted by atomic mass is 10.0. The molecule has 0 aliphatic heterocycles. The van der Waals surface area contributed by atoms with Crippen molar-refractivity contribution in [2.75, 3.05) is 0 Å². The number of hydrogen-bond acceptors (Lipinski definition) is 1. The highest BCUT2D eigenvalue weighted by molar-refractivity contribution is 9.10. The molecule has 0 heterocycles. The van der Waals surface area contributed by atoms with Crippen molar-refractivity contribution >= 4 is 39.1 Å². The molecule has 2 rings (SSSR count). The van der Waals surface area contributed by atoms with Crippen LogP contribution < -0.4 is 0 Å². The molecule has 0 aliphatic carbocycles. The van der Waals surface area contributed by atoms with Gasteiger partial charge in [0, 0.05) is 15.9 Å². The highest BCUT2D eigenvalue weighted by Gasteiger charge is 2.13. The van der Waals surface area contributed by atoms with Gasteiger partial charge in [-0.15, -0.1) is 0 Å². The Hall–Kier alpha value is -0.610. The number of halogens is 4. The molecule has 0 amide bonds. The van der Waals surface area contributed by atoms with Crippen LogP contribution in [0.3, 0.4) is 0 Å². The molecular weight excluding hydrogens is 354 g/mol. The lowest BCUT2D eigenvalue weighted by Crippen LogP contribution is -2.03. The minimum Gasteiger partial charge on any atom is -0.388 e. The number of aliphatic hydroxyl groups is 1. The average molecular weight is 364 g/mol. The van der Waals surface area contributed by atoms with Crippen LogP contribution in [0.5, 0.6) is 0 Å². The monoisotopic (exact) mass is 362 g/mol. The molecule has 0 aromatic heterocycles. The quantitative estimate of drug-likeness (QED) is 0.797. The Morgan fingerprint density at radius 2 is 1.89 bits per heavy atom. The zero-order chi connectivity index (χ0) is 14.0. The fourth-order valence-electron chi connectivity index (χ4n) is 1.73. The molecule has 0 bridgehead atoms. The number of benzene rings is 2. The molecule has 1 N–H and O–H groups in total. The van der Waals surface area contributed by atoms with E-state index in [1.165, 1.54) is 6.07 Å². The smallest absolute Gasteiger partial charge is 0.127 e. The van der Waals surface area contributed by atoms with Crippen molar-refractivity contribution in [1.82, 2.24) is 0 Å². The van der Waals surface area contributed by atoms with Crippen molar-refractivity contribution in [3.05, 3.63) is 67.9 Å². The molecule has 0 fully saturated rings. The Morgan fingerprint density at radius 3 is 2.53 bits per heavy atom. The molecule has 0 saturated heterocycles. The van der Waals surface area contributed by atoms with E-state index in [4.69, 9.17) is 23.2 Å². The zero-order valence-corrected chi connectivity index (χ0v) is 12.8. The third kappa shape index (κ3) is 3.69. The molecule has 1 unspecified atom stereocenters. The molecule has 0 aliphatic rings. The van der Waals surface area contributed by atoms with Crippen molar-refractivity contribution < 1.29 is 9.50 Å². The van der Waals surface area contributed by atoms with Crippen LogP contribution in [0, 0.1) is 5.82 Å². The fraction of sp³-hybridized carbons (Fsp3) is 0.143. The fourth-order valence-corrected chi connectivity index (χ4v) is 2.33. The Morgan fingerprint density at radius 1 is 1.16 bits per heavy atom. The summed E-state index contributed by atoms with van der Waals surface area (Å²) in [5.41, 5.74) is 1.05. The van der Waals surface area contributed by atoms with Crippen LogP contribution in [0.1, 0.15) is 17.2 Å². The predicted molar refractivity (Wildman–Crippen MR) is 79.2 cm³/mol. The van der Waals surface area contributed by atoms with Gasteiger partial charge in [-0.25, -0.2) is 4.39 Å². The van der Waals surface area contributed by atoms with Gasteiger partial charge in [0.15, 0.2) is 0 Å². The first-order valence-electron chi connectivity index (χ1n) is 5.54. The molecule has 19 heavy (non-hydrogen) atoms. The van der Waals surface area contributed by atoms with E-state index in [0.717, 1.165) is 4.47 Å². The Labute approximate surface area is 129 Å². The Bertz CT molecular complexity index is 604. The Balaban J connectivity index is 2.20. The predicted octanol–water partition coefficient (Wildman–Crippen LogP) is 5.17. The van der Waals surface area contributed by atoms with Crippen LogP contribution in [-0.2, 0) is 6.42 Å². The van der Waals surface area contributed by atoms with Gasteiger partial charge in [-0.2, -0.15) is 0 Å². The van der Waals surface area contributed by atoms with Gasteiger partial charge < -0.3 is 5.11 Å². The van der Waals surface area contributed by atoms with E-state index in [-0.39, 0.29) is 6.42 Å². The minimum absolute atomic E-state index is 0.168. The SMILES string of the molecule is OC(Cc1ccc(Cl)cc1F)c1ccc(Br)c(Cl)c1.